The van der Waals surface area contributed by atoms with Crippen LogP contribution in [-0.2, 0) is 54.2 Å². The second kappa shape index (κ2) is 23.3. The first kappa shape index (κ1) is 49.7. The molecule has 0 amide bonds. The first-order chi connectivity index (χ1) is 29.3. The molecule has 0 aliphatic heterocycles. The van der Waals surface area contributed by atoms with E-state index in [2.05, 4.69) is 26.7 Å². The quantitative estimate of drug-likeness (QED) is 0.0210. The van der Waals surface area contributed by atoms with Crippen molar-refractivity contribution in [3.8, 4) is 39.5 Å². The van der Waals surface area contributed by atoms with Crippen LogP contribution in [0.3, 0.4) is 0 Å². The van der Waals surface area contributed by atoms with Crippen molar-refractivity contribution in [3.05, 3.63) is 102 Å². The Labute approximate surface area is 360 Å². The number of benzene rings is 3. The van der Waals surface area contributed by atoms with E-state index in [1.165, 1.54) is 51.1 Å². The molecule has 0 radical (unpaired) electrons. The van der Waals surface area contributed by atoms with Crippen molar-refractivity contribution >= 4 is 41.4 Å². The molecule has 14 heteroatoms. The Kier molecular flexibility index (Phi) is 18.7. The van der Waals surface area contributed by atoms with Crippen molar-refractivity contribution < 1.29 is 66.4 Å². The van der Waals surface area contributed by atoms with Gasteiger partial charge in [0, 0.05) is 47.3 Å². The minimum atomic E-state index is -1.63. The van der Waals surface area contributed by atoms with Gasteiger partial charge in [0.25, 0.3) is 0 Å². The van der Waals surface area contributed by atoms with Crippen LogP contribution >= 0.6 is 0 Å². The molecule has 0 N–H and O–H groups in total. The highest BCUT2D eigenvalue weighted by Crippen LogP contribution is 2.43. The van der Waals surface area contributed by atoms with Crippen LogP contribution in [0.25, 0.3) is 22.3 Å². The predicted molar refractivity (Wildman–Crippen MR) is 228 cm³/mol. The lowest BCUT2D eigenvalue weighted by Crippen LogP contribution is -2.45. The number of ether oxygens (including phenoxy) is 6. The largest absolute Gasteiger partial charge is 0.493 e. The standard InChI is InChI=1S/C48H53FO13/c1-10-11-12-13-14-15-34-16-21-37(40(49)22-34)39-24-41(61-44(53)30(4)5)38(23-42(39)62-45(54)31(6)7)35-17-19-36(20-18-35)57-25-48(26-58-43(52)29(2)3,27-59-46(55)32(8)50)28-60-47(56)33(9)51/h16-24H,2,4,6,10-15,25-28H2,1,3,5,7-9H3. The van der Waals surface area contributed by atoms with Crippen LogP contribution in [-0.4, -0.2) is 67.8 Å². The molecule has 0 aromatic heterocycles. The summed E-state index contributed by atoms with van der Waals surface area (Å²) in [6.07, 6.45) is 5.95. The van der Waals surface area contributed by atoms with Crippen LogP contribution < -0.4 is 14.2 Å². The summed E-state index contributed by atoms with van der Waals surface area (Å²) in [6, 6.07) is 13.8. The van der Waals surface area contributed by atoms with E-state index in [9.17, 15) is 33.6 Å². The highest BCUT2D eigenvalue weighted by Gasteiger charge is 2.38. The lowest BCUT2D eigenvalue weighted by Gasteiger charge is -2.31. The summed E-state index contributed by atoms with van der Waals surface area (Å²) in [5.41, 5.74) is 0.222. The number of unbranched alkanes of at least 4 members (excludes halogenated alkanes) is 4. The molecule has 0 bridgehead atoms. The zero-order chi connectivity index (χ0) is 46.1. The van der Waals surface area contributed by atoms with Gasteiger partial charge in [-0.05, 0) is 75.1 Å². The Balaban J connectivity index is 2.10. The van der Waals surface area contributed by atoms with Gasteiger partial charge in [-0.2, -0.15) is 0 Å². The molecule has 3 rings (SSSR count). The monoisotopic (exact) mass is 856 g/mol. The van der Waals surface area contributed by atoms with Crippen molar-refractivity contribution in [2.24, 2.45) is 5.41 Å². The number of hydrogen-bond acceptors (Lipinski definition) is 13. The molecule has 0 heterocycles. The van der Waals surface area contributed by atoms with E-state index in [1.807, 2.05) is 0 Å². The summed E-state index contributed by atoms with van der Waals surface area (Å²) in [5, 5.41) is 0. The van der Waals surface area contributed by atoms with E-state index in [0.717, 1.165) is 51.5 Å². The highest BCUT2D eigenvalue weighted by atomic mass is 19.1. The molecule has 0 fully saturated rings. The van der Waals surface area contributed by atoms with Gasteiger partial charge in [0.05, 0.1) is 0 Å². The van der Waals surface area contributed by atoms with Crippen molar-refractivity contribution in [3.63, 3.8) is 0 Å². The molecule has 0 saturated heterocycles. The summed E-state index contributed by atoms with van der Waals surface area (Å²) < 4.78 is 49.1. The van der Waals surface area contributed by atoms with Crippen LogP contribution in [0.1, 0.15) is 79.2 Å². The van der Waals surface area contributed by atoms with Crippen molar-refractivity contribution in [1.82, 2.24) is 0 Å². The second-order valence-corrected chi connectivity index (χ2v) is 15.1. The van der Waals surface area contributed by atoms with E-state index in [1.54, 1.807) is 24.3 Å². The number of rotatable bonds is 24. The summed E-state index contributed by atoms with van der Waals surface area (Å²) in [7, 11) is 0. The molecule has 0 spiro atoms. The number of ketones is 2. The Hall–Kier alpha value is -6.70. The summed E-state index contributed by atoms with van der Waals surface area (Å²) in [4.78, 5) is 86.0. The zero-order valence-corrected chi connectivity index (χ0v) is 36.1. The molecule has 0 aliphatic carbocycles. The van der Waals surface area contributed by atoms with Gasteiger partial charge in [-0.25, -0.2) is 28.4 Å². The third-order valence-electron chi connectivity index (χ3n) is 9.24. The number of hydrogen-bond donors (Lipinski definition) is 0. The molecule has 13 nitrogen and oxygen atoms in total. The third-order valence-corrected chi connectivity index (χ3v) is 9.24. The SMILES string of the molecule is C=C(C)C(=O)OCC(COC(=O)C(C)=O)(COC(=O)C(C)=O)COc1ccc(-c2cc(OC(=O)C(=C)C)c(-c3ccc(CCCCCCC)cc3F)cc2OC(=O)C(=C)C)cc1. The zero-order valence-electron chi connectivity index (χ0n) is 36.1. The maximum atomic E-state index is 16.0. The fraction of sp³-hybridized carbons (Fsp3) is 0.354. The first-order valence-corrected chi connectivity index (χ1v) is 19.9. The van der Waals surface area contributed by atoms with Crippen LogP contribution in [0, 0.1) is 11.2 Å². The second-order valence-electron chi connectivity index (χ2n) is 15.1. The molecule has 0 unspecified atom stereocenters. The van der Waals surface area contributed by atoms with Gasteiger partial charge in [0.1, 0.15) is 54.9 Å². The van der Waals surface area contributed by atoms with Crippen LogP contribution in [0.2, 0.25) is 0 Å². The van der Waals surface area contributed by atoms with Gasteiger partial charge in [-0.3, -0.25) is 9.59 Å². The fourth-order valence-electron chi connectivity index (χ4n) is 5.60. The van der Waals surface area contributed by atoms with E-state index in [0.29, 0.717) is 12.0 Å². The van der Waals surface area contributed by atoms with Crippen molar-refractivity contribution in [1.29, 1.82) is 0 Å². The number of carbonyl (C=O) groups is 7. The van der Waals surface area contributed by atoms with Gasteiger partial charge < -0.3 is 28.4 Å². The molecular formula is C48H53FO13. The Morgan fingerprint density at radius 3 is 1.52 bits per heavy atom. The number of aryl methyl sites for hydroxylation is 1. The molecule has 0 atom stereocenters. The van der Waals surface area contributed by atoms with Crippen molar-refractivity contribution in [2.45, 2.75) is 80.1 Å². The molecule has 3 aromatic rings. The minimum absolute atomic E-state index is 0.0193. The average molecular weight is 857 g/mol. The summed E-state index contributed by atoms with van der Waals surface area (Å²) in [5.74, 6) is -7.16. The van der Waals surface area contributed by atoms with E-state index in [-0.39, 0.29) is 50.7 Å². The molecule has 0 aliphatic rings. The maximum Gasteiger partial charge on any atom is 0.374 e. The lowest BCUT2D eigenvalue weighted by atomic mass is 9.92. The first-order valence-electron chi connectivity index (χ1n) is 19.9. The average Bonchev–Trinajstić information content (AvgIpc) is 3.23. The van der Waals surface area contributed by atoms with Gasteiger partial charge in [-0.1, -0.05) is 76.6 Å². The summed E-state index contributed by atoms with van der Waals surface area (Å²) >= 11 is 0. The number of halogens is 1. The Bertz CT molecular complexity index is 2140. The summed E-state index contributed by atoms with van der Waals surface area (Å²) in [6.45, 7) is 17.0. The van der Waals surface area contributed by atoms with Crippen LogP contribution in [0.5, 0.6) is 17.2 Å². The molecule has 0 saturated carbocycles. The minimum Gasteiger partial charge on any atom is -0.493 e. The Morgan fingerprint density at radius 2 is 1.03 bits per heavy atom. The molecule has 3 aromatic carbocycles. The number of carbonyl (C=O) groups excluding carboxylic acids is 7. The molecule has 62 heavy (non-hydrogen) atoms. The van der Waals surface area contributed by atoms with Gasteiger partial charge >= 0.3 is 29.8 Å². The Morgan fingerprint density at radius 1 is 0.548 bits per heavy atom. The number of Topliss-reactive ketones (excluding diaryl/α,β-unsaturated/α-hetero) is 2. The van der Waals surface area contributed by atoms with E-state index in [4.69, 9.17) is 28.4 Å². The van der Waals surface area contributed by atoms with E-state index >= 15 is 4.39 Å². The van der Waals surface area contributed by atoms with Gasteiger partial charge in [-0.15, -0.1) is 0 Å². The van der Waals surface area contributed by atoms with Gasteiger partial charge in [0.15, 0.2) is 0 Å². The van der Waals surface area contributed by atoms with E-state index < -0.39 is 79.1 Å². The topological polar surface area (TPSA) is 175 Å². The smallest absolute Gasteiger partial charge is 0.374 e. The van der Waals surface area contributed by atoms with Crippen LogP contribution in [0.4, 0.5) is 4.39 Å². The number of esters is 5. The van der Waals surface area contributed by atoms with Gasteiger partial charge in [0.2, 0.25) is 11.6 Å². The highest BCUT2D eigenvalue weighted by molar-refractivity contribution is 6.32. The lowest BCUT2D eigenvalue weighted by molar-refractivity contribution is -0.168. The van der Waals surface area contributed by atoms with Crippen LogP contribution in [0.15, 0.2) is 91.1 Å². The molecular weight excluding hydrogens is 804 g/mol. The molecule has 330 valence electrons. The predicted octanol–water partition coefficient (Wildman–Crippen LogP) is 8.38. The van der Waals surface area contributed by atoms with Crippen molar-refractivity contribution in [2.75, 3.05) is 26.4 Å². The maximum absolute atomic E-state index is 16.0. The normalized spacial score (nSPS) is 10.8. The fourth-order valence-corrected chi connectivity index (χ4v) is 5.60. The third kappa shape index (κ3) is 14.8.